The molecular formula is C12H19Cl2N3O. The summed E-state index contributed by atoms with van der Waals surface area (Å²) in [5, 5.41) is 3.94. The van der Waals surface area contributed by atoms with E-state index in [4.69, 9.17) is 16.3 Å². The van der Waals surface area contributed by atoms with Gasteiger partial charge in [-0.15, -0.1) is 12.4 Å². The minimum Gasteiger partial charge on any atom is -0.476 e. The second kappa shape index (κ2) is 6.45. The van der Waals surface area contributed by atoms with E-state index in [-0.39, 0.29) is 12.4 Å². The Morgan fingerprint density at radius 2 is 2.22 bits per heavy atom. The second-order valence-corrected chi connectivity index (χ2v) is 4.90. The predicted octanol–water partition coefficient (Wildman–Crippen LogP) is 2.48. The van der Waals surface area contributed by atoms with Gasteiger partial charge < -0.3 is 15.0 Å². The van der Waals surface area contributed by atoms with Crippen LogP contribution < -0.4 is 15.0 Å². The molecule has 0 aromatic carbocycles. The number of hydrogen-bond acceptors (Lipinski definition) is 4. The van der Waals surface area contributed by atoms with Crippen LogP contribution in [0.25, 0.3) is 0 Å². The third-order valence-corrected chi connectivity index (χ3v) is 3.22. The number of fused-ring (bicyclic) bond motifs is 1. The molecule has 1 aromatic heterocycles. The van der Waals surface area contributed by atoms with Gasteiger partial charge in [-0.3, -0.25) is 0 Å². The first-order valence-corrected chi connectivity index (χ1v) is 6.23. The lowest BCUT2D eigenvalue weighted by Gasteiger charge is -2.24. The highest BCUT2D eigenvalue weighted by Gasteiger charge is 2.17. The highest BCUT2D eigenvalue weighted by molar-refractivity contribution is 6.33. The van der Waals surface area contributed by atoms with E-state index >= 15 is 0 Å². The summed E-state index contributed by atoms with van der Waals surface area (Å²) in [6, 6.07) is 2.29. The Bertz CT molecular complexity index is 413. The molecule has 0 atom stereocenters. The van der Waals surface area contributed by atoms with Gasteiger partial charge in [0.2, 0.25) is 5.88 Å². The highest BCUT2D eigenvalue weighted by Crippen LogP contribution is 2.30. The molecule has 18 heavy (non-hydrogen) atoms. The number of anilines is 1. The van der Waals surface area contributed by atoms with Gasteiger partial charge in [0.05, 0.1) is 5.02 Å². The van der Waals surface area contributed by atoms with Crippen LogP contribution in [0.4, 0.5) is 5.82 Å². The Morgan fingerprint density at radius 1 is 1.50 bits per heavy atom. The molecule has 1 aromatic rings. The van der Waals surface area contributed by atoms with Crippen LogP contribution in [0.1, 0.15) is 19.4 Å². The van der Waals surface area contributed by atoms with Crippen molar-refractivity contribution in [1.82, 2.24) is 10.3 Å². The van der Waals surface area contributed by atoms with Crippen LogP contribution in [0.5, 0.6) is 5.88 Å². The maximum absolute atomic E-state index is 6.27. The van der Waals surface area contributed by atoms with E-state index in [1.54, 1.807) is 0 Å². The Kier molecular flexibility index (Phi) is 5.50. The molecule has 1 aliphatic heterocycles. The van der Waals surface area contributed by atoms with E-state index in [0.717, 1.165) is 24.5 Å². The quantitative estimate of drug-likeness (QED) is 0.908. The van der Waals surface area contributed by atoms with Gasteiger partial charge >= 0.3 is 0 Å². The summed E-state index contributed by atoms with van der Waals surface area (Å²) in [6.07, 6.45) is 0. The number of nitrogens with one attached hydrogen (secondary N) is 1. The van der Waals surface area contributed by atoms with Crippen molar-refractivity contribution >= 4 is 29.8 Å². The number of hydrogen-bond donors (Lipinski definition) is 1. The summed E-state index contributed by atoms with van der Waals surface area (Å²) < 4.78 is 5.62. The first-order chi connectivity index (χ1) is 8.09. The Labute approximate surface area is 119 Å². The average Bonchev–Trinajstić information content (AvgIpc) is 2.51. The first-order valence-electron chi connectivity index (χ1n) is 5.85. The largest absolute Gasteiger partial charge is 0.476 e. The van der Waals surface area contributed by atoms with Crippen LogP contribution in [0, 0.1) is 0 Å². The molecule has 2 heterocycles. The standard InChI is InChI=1S/C12H18ClN3O.ClH/c1-8(2)16(3)11-10(13)6-9-7-14-4-5-17-12(9)15-11;/h6,8,14H,4-5,7H2,1-3H3;1H. The lowest BCUT2D eigenvalue weighted by Crippen LogP contribution is -2.27. The maximum atomic E-state index is 6.27. The monoisotopic (exact) mass is 291 g/mol. The van der Waals surface area contributed by atoms with Crippen molar-refractivity contribution in [2.75, 3.05) is 25.1 Å². The van der Waals surface area contributed by atoms with Crippen molar-refractivity contribution in [3.63, 3.8) is 0 Å². The summed E-state index contributed by atoms with van der Waals surface area (Å²) in [6.45, 7) is 6.45. The summed E-state index contributed by atoms with van der Waals surface area (Å²) >= 11 is 6.27. The molecule has 0 saturated carbocycles. The summed E-state index contributed by atoms with van der Waals surface area (Å²) in [4.78, 5) is 6.57. The number of pyridine rings is 1. The van der Waals surface area contributed by atoms with Crippen LogP contribution >= 0.6 is 24.0 Å². The number of halogens is 2. The smallest absolute Gasteiger partial charge is 0.219 e. The van der Waals surface area contributed by atoms with Gasteiger partial charge in [0.25, 0.3) is 0 Å². The van der Waals surface area contributed by atoms with Crippen LogP contribution in [0.2, 0.25) is 5.02 Å². The normalized spacial score (nSPS) is 14.3. The molecule has 0 saturated heterocycles. The molecular weight excluding hydrogens is 273 g/mol. The van der Waals surface area contributed by atoms with Gasteiger partial charge in [0.1, 0.15) is 6.61 Å². The van der Waals surface area contributed by atoms with Crippen molar-refractivity contribution in [3.8, 4) is 5.88 Å². The third kappa shape index (κ3) is 3.19. The molecule has 1 aliphatic rings. The van der Waals surface area contributed by atoms with Crippen LogP contribution in [0.15, 0.2) is 6.07 Å². The molecule has 0 unspecified atom stereocenters. The fraction of sp³-hybridized carbons (Fsp3) is 0.583. The number of aromatic nitrogens is 1. The zero-order valence-corrected chi connectivity index (χ0v) is 12.4. The third-order valence-electron chi connectivity index (χ3n) is 2.94. The molecule has 0 fully saturated rings. The molecule has 0 radical (unpaired) electrons. The molecule has 0 spiro atoms. The molecule has 6 heteroatoms. The molecule has 0 aliphatic carbocycles. The number of rotatable bonds is 2. The van der Waals surface area contributed by atoms with Gasteiger partial charge in [-0.25, -0.2) is 0 Å². The van der Waals surface area contributed by atoms with Crippen molar-refractivity contribution in [3.05, 3.63) is 16.7 Å². The lowest BCUT2D eigenvalue weighted by molar-refractivity contribution is 0.314. The van der Waals surface area contributed by atoms with Gasteiger partial charge in [-0.1, -0.05) is 11.6 Å². The van der Waals surface area contributed by atoms with E-state index in [0.29, 0.717) is 23.6 Å². The maximum Gasteiger partial charge on any atom is 0.219 e. The number of nitrogens with zero attached hydrogens (tertiary/aromatic N) is 2. The highest BCUT2D eigenvalue weighted by atomic mass is 35.5. The summed E-state index contributed by atoms with van der Waals surface area (Å²) in [5.74, 6) is 1.48. The fourth-order valence-electron chi connectivity index (χ4n) is 1.69. The SMILES string of the molecule is CC(C)N(C)c1nc2c(cc1Cl)CNCCO2.Cl. The zero-order chi connectivity index (χ0) is 12.4. The van der Waals surface area contributed by atoms with Crippen LogP contribution in [-0.2, 0) is 6.54 Å². The predicted molar refractivity (Wildman–Crippen MR) is 77.2 cm³/mol. The zero-order valence-electron chi connectivity index (χ0n) is 10.9. The average molecular weight is 292 g/mol. The Balaban J connectivity index is 0.00000162. The van der Waals surface area contributed by atoms with Gasteiger partial charge in [-0.05, 0) is 19.9 Å². The van der Waals surface area contributed by atoms with Crippen LogP contribution in [0.3, 0.4) is 0 Å². The van der Waals surface area contributed by atoms with Crippen molar-refractivity contribution in [2.24, 2.45) is 0 Å². The minimum atomic E-state index is 0. The van der Waals surface area contributed by atoms with E-state index < -0.39 is 0 Å². The minimum absolute atomic E-state index is 0. The molecule has 1 N–H and O–H groups in total. The molecule has 4 nitrogen and oxygen atoms in total. The van der Waals surface area contributed by atoms with Gasteiger partial charge in [-0.2, -0.15) is 4.98 Å². The van der Waals surface area contributed by atoms with E-state index in [2.05, 4.69) is 24.1 Å². The van der Waals surface area contributed by atoms with Crippen LogP contribution in [-0.4, -0.2) is 31.2 Å². The van der Waals surface area contributed by atoms with E-state index in [1.165, 1.54) is 0 Å². The molecule has 0 amide bonds. The lowest BCUT2D eigenvalue weighted by atomic mass is 10.2. The first kappa shape index (κ1) is 15.3. The fourth-order valence-corrected chi connectivity index (χ4v) is 1.99. The molecule has 2 rings (SSSR count). The van der Waals surface area contributed by atoms with E-state index in [9.17, 15) is 0 Å². The van der Waals surface area contributed by atoms with Crippen molar-refractivity contribution in [2.45, 2.75) is 26.4 Å². The summed E-state index contributed by atoms with van der Waals surface area (Å²) in [5.41, 5.74) is 1.02. The summed E-state index contributed by atoms with van der Waals surface area (Å²) in [7, 11) is 1.99. The van der Waals surface area contributed by atoms with Crippen molar-refractivity contribution < 1.29 is 4.74 Å². The van der Waals surface area contributed by atoms with Gasteiger partial charge in [0.15, 0.2) is 5.82 Å². The topological polar surface area (TPSA) is 37.4 Å². The Morgan fingerprint density at radius 3 is 2.89 bits per heavy atom. The Hall–Kier alpha value is -0.710. The van der Waals surface area contributed by atoms with Crippen molar-refractivity contribution in [1.29, 1.82) is 0 Å². The number of ether oxygens (including phenoxy) is 1. The second-order valence-electron chi connectivity index (χ2n) is 4.49. The molecule has 102 valence electrons. The van der Waals surface area contributed by atoms with Gasteiger partial charge in [0, 0.05) is 31.7 Å². The van der Waals surface area contributed by atoms with E-state index in [1.807, 2.05) is 18.0 Å². The molecule has 0 bridgehead atoms.